The largest absolute Gasteiger partial charge is 0.241 e. The van der Waals surface area contributed by atoms with Gasteiger partial charge in [-0.1, -0.05) is 12.1 Å². The molecule has 0 aliphatic heterocycles. The second-order valence-electron chi connectivity index (χ2n) is 3.95. The molecule has 0 spiro atoms. The standard InChI is InChI=1S/C13H11NS2/c1-8-3-4-10-6-12(16-11(10)5-8)13-14-9(2)7-15-13/h3-7H,1-2H3. The van der Waals surface area contributed by atoms with E-state index < -0.39 is 0 Å². The number of aryl methyl sites for hydroxylation is 2. The van der Waals surface area contributed by atoms with Crippen LogP contribution in [0.4, 0.5) is 0 Å². The van der Waals surface area contributed by atoms with Crippen molar-refractivity contribution in [3.8, 4) is 9.88 Å². The number of aromatic nitrogens is 1. The fourth-order valence-corrected chi connectivity index (χ4v) is 3.73. The highest BCUT2D eigenvalue weighted by Crippen LogP contribution is 2.35. The second kappa shape index (κ2) is 3.68. The van der Waals surface area contributed by atoms with Gasteiger partial charge in [-0.25, -0.2) is 4.98 Å². The number of hydrogen-bond acceptors (Lipinski definition) is 3. The average Bonchev–Trinajstić information content (AvgIpc) is 2.83. The van der Waals surface area contributed by atoms with Crippen molar-refractivity contribution in [1.29, 1.82) is 0 Å². The molecule has 3 heteroatoms. The molecule has 0 bridgehead atoms. The van der Waals surface area contributed by atoms with E-state index in [1.54, 1.807) is 11.3 Å². The lowest BCUT2D eigenvalue weighted by Crippen LogP contribution is -1.70. The lowest BCUT2D eigenvalue weighted by atomic mass is 10.2. The van der Waals surface area contributed by atoms with Crippen molar-refractivity contribution in [2.75, 3.05) is 0 Å². The highest BCUT2D eigenvalue weighted by molar-refractivity contribution is 7.25. The van der Waals surface area contributed by atoms with E-state index in [1.165, 1.54) is 20.5 Å². The van der Waals surface area contributed by atoms with Crippen LogP contribution in [-0.4, -0.2) is 4.98 Å². The topological polar surface area (TPSA) is 12.9 Å². The first-order chi connectivity index (χ1) is 7.72. The summed E-state index contributed by atoms with van der Waals surface area (Å²) in [5.74, 6) is 0. The Balaban J connectivity index is 2.18. The van der Waals surface area contributed by atoms with Crippen LogP contribution < -0.4 is 0 Å². The maximum atomic E-state index is 4.53. The quantitative estimate of drug-likeness (QED) is 0.608. The molecule has 1 nitrogen and oxygen atoms in total. The molecule has 0 aliphatic rings. The van der Waals surface area contributed by atoms with E-state index in [0.29, 0.717) is 0 Å². The van der Waals surface area contributed by atoms with Crippen LogP contribution in [-0.2, 0) is 0 Å². The lowest BCUT2D eigenvalue weighted by Gasteiger charge is -1.89. The van der Waals surface area contributed by atoms with Crippen molar-refractivity contribution in [3.63, 3.8) is 0 Å². The monoisotopic (exact) mass is 245 g/mol. The molecular weight excluding hydrogens is 234 g/mol. The van der Waals surface area contributed by atoms with E-state index in [-0.39, 0.29) is 0 Å². The predicted molar refractivity (Wildman–Crippen MR) is 72.4 cm³/mol. The third-order valence-electron chi connectivity index (χ3n) is 2.51. The minimum Gasteiger partial charge on any atom is -0.241 e. The van der Waals surface area contributed by atoms with E-state index >= 15 is 0 Å². The molecule has 2 heterocycles. The summed E-state index contributed by atoms with van der Waals surface area (Å²) in [5.41, 5.74) is 2.42. The molecule has 80 valence electrons. The van der Waals surface area contributed by atoms with Crippen LogP contribution in [0, 0.1) is 13.8 Å². The summed E-state index contributed by atoms with van der Waals surface area (Å²) in [7, 11) is 0. The Labute approximate surface area is 102 Å². The van der Waals surface area contributed by atoms with Gasteiger partial charge in [0, 0.05) is 15.8 Å². The summed E-state index contributed by atoms with van der Waals surface area (Å²) in [5, 5.41) is 4.56. The number of nitrogens with zero attached hydrogens (tertiary/aromatic N) is 1. The third-order valence-corrected chi connectivity index (χ3v) is 4.73. The number of fused-ring (bicyclic) bond motifs is 1. The Morgan fingerprint density at radius 3 is 2.75 bits per heavy atom. The molecule has 0 saturated carbocycles. The number of hydrogen-bond donors (Lipinski definition) is 0. The molecule has 2 aromatic heterocycles. The first-order valence-corrected chi connectivity index (χ1v) is 6.85. The van der Waals surface area contributed by atoms with Crippen molar-refractivity contribution in [2.24, 2.45) is 0 Å². The normalized spacial score (nSPS) is 11.1. The number of thiazole rings is 1. The third kappa shape index (κ3) is 1.66. The highest BCUT2D eigenvalue weighted by atomic mass is 32.1. The molecule has 3 rings (SSSR count). The zero-order valence-electron chi connectivity index (χ0n) is 9.15. The smallest absolute Gasteiger partial charge is 0.133 e. The minimum atomic E-state index is 1.11. The predicted octanol–water partition coefficient (Wildman–Crippen LogP) is 4.64. The summed E-state index contributed by atoms with van der Waals surface area (Å²) >= 11 is 3.55. The Bertz CT molecular complexity index is 649. The molecule has 1 aromatic carbocycles. The molecule has 0 aliphatic carbocycles. The van der Waals surface area contributed by atoms with Gasteiger partial charge in [-0.2, -0.15) is 0 Å². The average molecular weight is 245 g/mol. The molecule has 0 saturated heterocycles. The second-order valence-corrected chi connectivity index (χ2v) is 5.89. The van der Waals surface area contributed by atoms with Crippen molar-refractivity contribution < 1.29 is 0 Å². The Kier molecular flexibility index (Phi) is 2.30. The Hall–Kier alpha value is -1.19. The number of rotatable bonds is 1. The first-order valence-electron chi connectivity index (χ1n) is 5.15. The van der Waals surface area contributed by atoms with Gasteiger partial charge in [0.05, 0.1) is 4.88 Å². The molecule has 16 heavy (non-hydrogen) atoms. The summed E-state index contributed by atoms with van der Waals surface area (Å²) in [4.78, 5) is 5.80. The van der Waals surface area contributed by atoms with Crippen molar-refractivity contribution >= 4 is 32.8 Å². The van der Waals surface area contributed by atoms with Crippen LogP contribution >= 0.6 is 22.7 Å². The highest BCUT2D eigenvalue weighted by Gasteiger charge is 2.07. The van der Waals surface area contributed by atoms with Gasteiger partial charge >= 0.3 is 0 Å². The van der Waals surface area contributed by atoms with Crippen LogP contribution in [0.2, 0.25) is 0 Å². The molecule has 0 amide bonds. The van der Waals surface area contributed by atoms with Gasteiger partial charge in [0.25, 0.3) is 0 Å². The molecule has 3 aromatic rings. The van der Waals surface area contributed by atoms with E-state index in [0.717, 1.165) is 10.7 Å². The van der Waals surface area contributed by atoms with Gasteiger partial charge < -0.3 is 0 Å². The summed E-state index contributed by atoms with van der Waals surface area (Å²) in [6.45, 7) is 4.17. The summed E-state index contributed by atoms with van der Waals surface area (Å²) in [6.07, 6.45) is 0. The summed E-state index contributed by atoms with van der Waals surface area (Å²) < 4.78 is 1.35. The fraction of sp³-hybridized carbons (Fsp3) is 0.154. The van der Waals surface area contributed by atoms with Crippen molar-refractivity contribution in [3.05, 3.63) is 40.9 Å². The van der Waals surface area contributed by atoms with Gasteiger partial charge in [-0.05, 0) is 36.9 Å². The maximum absolute atomic E-state index is 4.53. The Morgan fingerprint density at radius 2 is 2.00 bits per heavy atom. The van der Waals surface area contributed by atoms with Crippen LogP contribution in [0.15, 0.2) is 29.6 Å². The molecular formula is C13H11NS2. The van der Waals surface area contributed by atoms with Crippen LogP contribution in [0.3, 0.4) is 0 Å². The van der Waals surface area contributed by atoms with Gasteiger partial charge in [0.15, 0.2) is 0 Å². The van der Waals surface area contributed by atoms with Crippen LogP contribution in [0.1, 0.15) is 11.3 Å². The van der Waals surface area contributed by atoms with E-state index in [4.69, 9.17) is 0 Å². The van der Waals surface area contributed by atoms with Gasteiger partial charge in [0.1, 0.15) is 5.01 Å². The number of benzene rings is 1. The summed E-state index contributed by atoms with van der Waals surface area (Å²) in [6, 6.07) is 8.82. The SMILES string of the molecule is Cc1ccc2cc(-c3nc(C)cs3)sc2c1. The van der Waals surface area contributed by atoms with Gasteiger partial charge in [-0.15, -0.1) is 22.7 Å². The fourth-order valence-electron chi connectivity index (χ4n) is 1.71. The number of thiophene rings is 1. The molecule has 0 radical (unpaired) electrons. The van der Waals surface area contributed by atoms with Crippen molar-refractivity contribution in [2.45, 2.75) is 13.8 Å². The van der Waals surface area contributed by atoms with E-state index in [2.05, 4.69) is 41.6 Å². The maximum Gasteiger partial charge on any atom is 0.133 e. The molecule has 0 fully saturated rings. The van der Waals surface area contributed by atoms with Crippen LogP contribution in [0.25, 0.3) is 20.0 Å². The zero-order chi connectivity index (χ0) is 11.1. The van der Waals surface area contributed by atoms with Gasteiger partial charge in [-0.3, -0.25) is 0 Å². The van der Waals surface area contributed by atoms with E-state index in [1.807, 2.05) is 18.3 Å². The van der Waals surface area contributed by atoms with E-state index in [9.17, 15) is 0 Å². The van der Waals surface area contributed by atoms with Gasteiger partial charge in [0.2, 0.25) is 0 Å². The first kappa shape index (κ1) is 10.00. The Morgan fingerprint density at radius 1 is 1.12 bits per heavy atom. The molecule has 0 N–H and O–H groups in total. The lowest BCUT2D eigenvalue weighted by molar-refractivity contribution is 1.27. The minimum absolute atomic E-state index is 1.11. The molecule has 0 atom stereocenters. The van der Waals surface area contributed by atoms with Crippen LogP contribution in [0.5, 0.6) is 0 Å². The zero-order valence-corrected chi connectivity index (χ0v) is 10.8. The molecule has 0 unspecified atom stereocenters. The van der Waals surface area contributed by atoms with Crippen molar-refractivity contribution in [1.82, 2.24) is 4.98 Å².